The summed E-state index contributed by atoms with van der Waals surface area (Å²) in [7, 11) is 0. The van der Waals surface area contributed by atoms with Crippen molar-refractivity contribution in [1.29, 1.82) is 0 Å². The molecule has 1 fully saturated rings. The summed E-state index contributed by atoms with van der Waals surface area (Å²) in [6, 6.07) is 6.51. The van der Waals surface area contributed by atoms with Gasteiger partial charge in [0.15, 0.2) is 0 Å². The molecule has 1 heterocycles. The van der Waals surface area contributed by atoms with E-state index in [2.05, 4.69) is 15.5 Å². The number of nitrogens with two attached hydrogens (primary N) is 1. The van der Waals surface area contributed by atoms with E-state index in [0.717, 1.165) is 24.5 Å². The highest BCUT2D eigenvalue weighted by atomic mass is 16.2. The predicted octanol–water partition coefficient (Wildman–Crippen LogP) is 1.08. The SMILES string of the molecule is CC(NC(=O)[C@@H](C)N)C(=O)Nc1cccc(N2CCCC2)c1. The third-order valence-electron chi connectivity index (χ3n) is 3.75. The number of nitrogens with one attached hydrogen (secondary N) is 2. The van der Waals surface area contributed by atoms with Gasteiger partial charge in [-0.2, -0.15) is 0 Å². The van der Waals surface area contributed by atoms with Crippen LogP contribution in [0, 0.1) is 0 Å². The standard InChI is InChI=1S/C16H24N4O2/c1-11(17)15(21)18-12(2)16(22)19-13-6-5-7-14(10-13)20-8-3-4-9-20/h5-7,10-12H,3-4,8-9,17H2,1-2H3,(H,18,21)(H,19,22)/t11-,12?/m1/s1. The van der Waals surface area contributed by atoms with Crippen LogP contribution in [0.1, 0.15) is 26.7 Å². The summed E-state index contributed by atoms with van der Waals surface area (Å²) < 4.78 is 0. The van der Waals surface area contributed by atoms with Gasteiger partial charge in [-0.05, 0) is 44.9 Å². The van der Waals surface area contributed by atoms with Gasteiger partial charge in [0.25, 0.3) is 0 Å². The first kappa shape index (κ1) is 16.3. The van der Waals surface area contributed by atoms with Gasteiger partial charge < -0.3 is 21.3 Å². The number of hydrogen-bond acceptors (Lipinski definition) is 4. The molecule has 4 N–H and O–H groups in total. The van der Waals surface area contributed by atoms with E-state index in [4.69, 9.17) is 5.73 Å². The van der Waals surface area contributed by atoms with Gasteiger partial charge in [-0.25, -0.2) is 0 Å². The lowest BCUT2D eigenvalue weighted by Gasteiger charge is -2.19. The number of rotatable bonds is 5. The van der Waals surface area contributed by atoms with E-state index >= 15 is 0 Å². The molecule has 0 saturated carbocycles. The molecule has 2 atom stereocenters. The summed E-state index contributed by atoms with van der Waals surface area (Å²) in [5.41, 5.74) is 7.32. The van der Waals surface area contributed by atoms with E-state index in [1.807, 2.05) is 24.3 Å². The normalized spacial score (nSPS) is 17.0. The molecule has 6 heteroatoms. The minimum Gasteiger partial charge on any atom is -0.371 e. The van der Waals surface area contributed by atoms with Crippen LogP contribution in [0.4, 0.5) is 11.4 Å². The average Bonchev–Trinajstić information content (AvgIpc) is 3.01. The molecular weight excluding hydrogens is 280 g/mol. The number of carbonyl (C=O) groups excluding carboxylic acids is 2. The summed E-state index contributed by atoms with van der Waals surface area (Å²) in [5, 5.41) is 5.41. The molecule has 2 amide bonds. The first-order chi connectivity index (χ1) is 10.5. The highest BCUT2D eigenvalue weighted by molar-refractivity contribution is 5.97. The number of benzene rings is 1. The van der Waals surface area contributed by atoms with Crippen LogP contribution < -0.4 is 21.3 Å². The molecule has 1 aromatic rings. The van der Waals surface area contributed by atoms with Crippen molar-refractivity contribution < 1.29 is 9.59 Å². The van der Waals surface area contributed by atoms with Gasteiger partial charge in [0.2, 0.25) is 11.8 Å². The zero-order valence-electron chi connectivity index (χ0n) is 13.1. The van der Waals surface area contributed by atoms with Crippen LogP contribution >= 0.6 is 0 Å². The van der Waals surface area contributed by atoms with Gasteiger partial charge in [0, 0.05) is 24.5 Å². The maximum Gasteiger partial charge on any atom is 0.246 e. The van der Waals surface area contributed by atoms with Crippen LogP contribution in [0.25, 0.3) is 0 Å². The number of anilines is 2. The summed E-state index contributed by atoms with van der Waals surface area (Å²) in [6.45, 7) is 5.33. The molecule has 120 valence electrons. The van der Waals surface area contributed by atoms with Crippen molar-refractivity contribution >= 4 is 23.2 Å². The molecule has 0 spiro atoms. The van der Waals surface area contributed by atoms with Crippen LogP contribution in [-0.2, 0) is 9.59 Å². The predicted molar refractivity (Wildman–Crippen MR) is 87.8 cm³/mol. The molecule has 0 aliphatic carbocycles. The van der Waals surface area contributed by atoms with Crippen LogP contribution in [0.3, 0.4) is 0 Å². The van der Waals surface area contributed by atoms with E-state index in [0.29, 0.717) is 0 Å². The monoisotopic (exact) mass is 304 g/mol. The van der Waals surface area contributed by atoms with E-state index in [1.54, 1.807) is 13.8 Å². The molecule has 22 heavy (non-hydrogen) atoms. The van der Waals surface area contributed by atoms with Gasteiger partial charge in [-0.15, -0.1) is 0 Å². The van der Waals surface area contributed by atoms with Crippen molar-refractivity contribution in [2.75, 3.05) is 23.3 Å². The van der Waals surface area contributed by atoms with Gasteiger partial charge in [-0.1, -0.05) is 6.07 Å². The minimum atomic E-state index is -0.631. The fourth-order valence-corrected chi connectivity index (χ4v) is 2.42. The summed E-state index contributed by atoms with van der Waals surface area (Å²) in [4.78, 5) is 25.9. The zero-order chi connectivity index (χ0) is 16.1. The second kappa shape index (κ2) is 7.26. The van der Waals surface area contributed by atoms with Crippen molar-refractivity contribution in [2.45, 2.75) is 38.8 Å². The topological polar surface area (TPSA) is 87.5 Å². The van der Waals surface area contributed by atoms with Gasteiger partial charge in [0.1, 0.15) is 6.04 Å². The Kier molecular flexibility index (Phi) is 5.38. The Bertz CT molecular complexity index is 539. The third-order valence-corrected chi connectivity index (χ3v) is 3.75. The Balaban J connectivity index is 1.96. The zero-order valence-corrected chi connectivity index (χ0v) is 13.1. The van der Waals surface area contributed by atoms with Crippen LogP contribution in [-0.4, -0.2) is 37.0 Å². The lowest BCUT2D eigenvalue weighted by atomic mass is 10.2. The van der Waals surface area contributed by atoms with Crippen molar-refractivity contribution in [3.63, 3.8) is 0 Å². The van der Waals surface area contributed by atoms with Crippen molar-refractivity contribution in [2.24, 2.45) is 5.73 Å². The quantitative estimate of drug-likeness (QED) is 0.759. The molecule has 0 radical (unpaired) electrons. The van der Waals surface area contributed by atoms with Crippen LogP contribution in [0.15, 0.2) is 24.3 Å². The van der Waals surface area contributed by atoms with Crippen LogP contribution in [0.5, 0.6) is 0 Å². The maximum atomic E-state index is 12.1. The number of hydrogen-bond donors (Lipinski definition) is 3. The Labute approximate surface area is 131 Å². The molecular formula is C16H24N4O2. The molecule has 2 rings (SSSR count). The third kappa shape index (κ3) is 4.21. The van der Waals surface area contributed by atoms with Crippen molar-refractivity contribution in [3.05, 3.63) is 24.3 Å². The lowest BCUT2D eigenvalue weighted by molar-refractivity contribution is -0.126. The Morgan fingerprint density at radius 1 is 1.18 bits per heavy atom. The van der Waals surface area contributed by atoms with Gasteiger partial charge in [0.05, 0.1) is 6.04 Å². The second-order valence-electron chi connectivity index (χ2n) is 5.75. The van der Waals surface area contributed by atoms with E-state index in [-0.39, 0.29) is 11.8 Å². The van der Waals surface area contributed by atoms with Gasteiger partial charge >= 0.3 is 0 Å². The second-order valence-corrected chi connectivity index (χ2v) is 5.75. The molecule has 0 aromatic heterocycles. The summed E-state index contributed by atoms with van der Waals surface area (Å²) in [5.74, 6) is -0.596. The fraction of sp³-hybridized carbons (Fsp3) is 0.500. The van der Waals surface area contributed by atoms with Crippen molar-refractivity contribution in [3.8, 4) is 0 Å². The van der Waals surface area contributed by atoms with E-state index < -0.39 is 12.1 Å². The Morgan fingerprint density at radius 2 is 1.86 bits per heavy atom. The van der Waals surface area contributed by atoms with Gasteiger partial charge in [-0.3, -0.25) is 9.59 Å². The molecule has 1 aromatic carbocycles. The van der Waals surface area contributed by atoms with Crippen LogP contribution in [0.2, 0.25) is 0 Å². The molecule has 1 unspecified atom stereocenters. The number of carbonyl (C=O) groups is 2. The summed E-state index contributed by atoms with van der Waals surface area (Å²) >= 11 is 0. The lowest BCUT2D eigenvalue weighted by Crippen LogP contribution is -2.47. The van der Waals surface area contributed by atoms with Crippen molar-refractivity contribution in [1.82, 2.24) is 5.32 Å². The Hall–Kier alpha value is -2.08. The molecule has 1 saturated heterocycles. The fourth-order valence-electron chi connectivity index (χ4n) is 2.42. The first-order valence-corrected chi connectivity index (χ1v) is 7.69. The van der Waals surface area contributed by atoms with E-state index in [9.17, 15) is 9.59 Å². The first-order valence-electron chi connectivity index (χ1n) is 7.69. The highest BCUT2D eigenvalue weighted by Gasteiger charge is 2.18. The molecule has 6 nitrogen and oxygen atoms in total. The smallest absolute Gasteiger partial charge is 0.246 e. The number of amides is 2. The highest BCUT2D eigenvalue weighted by Crippen LogP contribution is 2.23. The van der Waals surface area contributed by atoms with E-state index in [1.165, 1.54) is 12.8 Å². The maximum absolute atomic E-state index is 12.1. The largest absolute Gasteiger partial charge is 0.371 e. The summed E-state index contributed by atoms with van der Waals surface area (Å²) in [6.07, 6.45) is 2.41. The number of nitrogens with zero attached hydrogens (tertiary/aromatic N) is 1. The minimum absolute atomic E-state index is 0.257. The average molecular weight is 304 g/mol. The molecule has 1 aliphatic heterocycles. The Morgan fingerprint density at radius 3 is 2.50 bits per heavy atom. The molecule has 0 bridgehead atoms. The molecule has 1 aliphatic rings.